The molecule has 0 spiro atoms. The zero-order valence-corrected chi connectivity index (χ0v) is 23.8. The zero-order valence-electron chi connectivity index (χ0n) is 23.8. The molecule has 1 aromatic carbocycles. The molecule has 2 fully saturated rings. The quantitative estimate of drug-likeness (QED) is 0.334. The van der Waals surface area contributed by atoms with E-state index in [1.165, 1.54) is 4.90 Å². The number of likely N-dealkylation sites (tertiary alicyclic amines) is 1. The first-order valence-corrected chi connectivity index (χ1v) is 14.3. The molecule has 6 rings (SSSR count). The van der Waals surface area contributed by atoms with Crippen LogP contribution in [0.5, 0.6) is 5.75 Å². The number of ketones is 2. The summed E-state index contributed by atoms with van der Waals surface area (Å²) >= 11 is 0. The fourth-order valence-corrected chi connectivity index (χ4v) is 8.56. The van der Waals surface area contributed by atoms with Gasteiger partial charge in [-0.15, -0.1) is 0 Å². The maximum absolute atomic E-state index is 14.1. The second kappa shape index (κ2) is 9.30. The maximum Gasteiger partial charge on any atom is 0.255 e. The number of benzene rings is 1. The van der Waals surface area contributed by atoms with Gasteiger partial charge in [-0.25, -0.2) is 0 Å². The normalized spacial score (nSPS) is 33.0. The molecular weight excluding hydrogens is 528 g/mol. The van der Waals surface area contributed by atoms with Crippen LogP contribution in [0.1, 0.15) is 48.9 Å². The molecule has 5 aliphatic rings. The van der Waals surface area contributed by atoms with E-state index in [-0.39, 0.29) is 29.3 Å². The molecule has 1 saturated heterocycles. The van der Waals surface area contributed by atoms with Gasteiger partial charge in [0.25, 0.3) is 5.91 Å². The van der Waals surface area contributed by atoms with Gasteiger partial charge in [0.1, 0.15) is 22.8 Å². The number of primary amides is 1. The van der Waals surface area contributed by atoms with E-state index in [1.54, 1.807) is 20.2 Å². The molecule has 2 heterocycles. The molecule has 2 aliphatic heterocycles. The van der Waals surface area contributed by atoms with Crippen molar-refractivity contribution < 1.29 is 34.8 Å². The highest BCUT2D eigenvalue weighted by Gasteiger charge is 2.64. The molecular formula is C30H38N4O7. The Bertz CT molecular complexity index is 1450. The first-order valence-electron chi connectivity index (χ1n) is 14.3. The Morgan fingerprint density at radius 1 is 1.22 bits per heavy atom. The number of fused-ring (bicyclic) bond motifs is 7. The van der Waals surface area contributed by atoms with Crippen molar-refractivity contribution in [1.29, 1.82) is 0 Å². The molecule has 0 bridgehead atoms. The van der Waals surface area contributed by atoms with E-state index in [9.17, 15) is 34.8 Å². The van der Waals surface area contributed by atoms with Crippen molar-refractivity contribution in [2.24, 2.45) is 23.5 Å². The van der Waals surface area contributed by atoms with E-state index < -0.39 is 58.0 Å². The Morgan fingerprint density at radius 2 is 1.93 bits per heavy atom. The van der Waals surface area contributed by atoms with Crippen LogP contribution in [0.4, 0.5) is 5.69 Å². The Labute approximate surface area is 238 Å². The number of anilines is 1. The van der Waals surface area contributed by atoms with Crippen LogP contribution in [-0.2, 0) is 20.8 Å². The SMILES string of the molecule is CCCN1CCC2CN(C)c3c(cc(O)c4c3C[C@@H]3C[C@@H]5[C@H](N(C)C)C(=O)C(C(N)=O)=C(O)[C@@]5(O)C(=O)C3=C4O)C21. The number of likely N-dealkylation sites (N-methyl/N-ethyl adjacent to an activating group) is 1. The molecule has 41 heavy (non-hydrogen) atoms. The number of phenolic OH excluding ortho intramolecular Hbond substituents is 1. The third-order valence-corrected chi connectivity index (χ3v) is 10.1. The van der Waals surface area contributed by atoms with Crippen molar-refractivity contribution in [1.82, 2.24) is 9.80 Å². The minimum absolute atomic E-state index is 0.0773. The lowest BCUT2D eigenvalue weighted by Crippen LogP contribution is -2.65. The number of carbonyl (C=O) groups excluding carboxylic acids is 3. The number of aliphatic hydroxyl groups is 3. The summed E-state index contributed by atoms with van der Waals surface area (Å²) in [6.07, 6.45) is 2.44. The summed E-state index contributed by atoms with van der Waals surface area (Å²) < 4.78 is 0. The Kier molecular flexibility index (Phi) is 6.29. The summed E-state index contributed by atoms with van der Waals surface area (Å²) in [4.78, 5) is 45.7. The Morgan fingerprint density at radius 3 is 2.56 bits per heavy atom. The van der Waals surface area contributed by atoms with E-state index in [1.807, 2.05) is 7.05 Å². The van der Waals surface area contributed by atoms with E-state index in [4.69, 9.17) is 5.73 Å². The molecule has 11 heteroatoms. The van der Waals surface area contributed by atoms with Crippen molar-refractivity contribution in [2.75, 3.05) is 45.7 Å². The van der Waals surface area contributed by atoms with E-state index in [0.29, 0.717) is 12.3 Å². The first-order chi connectivity index (χ1) is 19.3. The minimum atomic E-state index is -2.64. The number of aliphatic hydroxyl groups excluding tert-OH is 2. The van der Waals surface area contributed by atoms with Crippen molar-refractivity contribution >= 4 is 28.9 Å². The number of rotatable bonds is 4. The molecule has 0 radical (unpaired) electrons. The van der Waals surface area contributed by atoms with Gasteiger partial charge in [-0.1, -0.05) is 6.92 Å². The van der Waals surface area contributed by atoms with Gasteiger partial charge in [-0.2, -0.15) is 0 Å². The number of Topliss-reactive ketones (excluding diaryl/α,β-unsaturated/α-hetero) is 2. The Balaban J connectivity index is 1.54. The number of nitrogens with zero attached hydrogens (tertiary/aromatic N) is 3. The molecule has 2 unspecified atom stereocenters. The third kappa shape index (κ3) is 3.58. The highest BCUT2D eigenvalue weighted by molar-refractivity contribution is 6.24. The number of aromatic hydroxyl groups is 1. The second-order valence-corrected chi connectivity index (χ2v) is 12.6. The van der Waals surface area contributed by atoms with Crippen LogP contribution in [0.3, 0.4) is 0 Å². The summed E-state index contributed by atoms with van der Waals surface area (Å²) in [5.41, 5.74) is 4.64. The third-order valence-electron chi connectivity index (χ3n) is 10.1. The number of phenols is 1. The van der Waals surface area contributed by atoms with Gasteiger partial charge in [-0.05, 0) is 81.9 Å². The summed E-state index contributed by atoms with van der Waals surface area (Å²) in [5.74, 6) is -5.94. The molecule has 1 saturated carbocycles. The zero-order chi connectivity index (χ0) is 29.7. The van der Waals surface area contributed by atoms with Crippen LogP contribution in [-0.4, -0.2) is 100 Å². The Hall–Kier alpha value is -3.41. The molecule has 3 aliphatic carbocycles. The molecule has 6 atom stereocenters. The summed E-state index contributed by atoms with van der Waals surface area (Å²) in [7, 11) is 5.19. The number of hydrogen-bond donors (Lipinski definition) is 5. The maximum atomic E-state index is 14.1. The number of nitrogens with two attached hydrogens (primary N) is 1. The molecule has 1 amide bonds. The van der Waals surface area contributed by atoms with Crippen molar-refractivity contribution in [3.63, 3.8) is 0 Å². The topological polar surface area (TPSA) is 168 Å². The fraction of sp³-hybridized carbons (Fsp3) is 0.567. The molecule has 1 aromatic rings. The summed E-state index contributed by atoms with van der Waals surface area (Å²) in [6, 6.07) is 0.739. The molecule has 220 valence electrons. The van der Waals surface area contributed by atoms with E-state index in [2.05, 4.69) is 16.7 Å². The van der Waals surface area contributed by atoms with Gasteiger partial charge >= 0.3 is 0 Å². The lowest BCUT2D eigenvalue weighted by Gasteiger charge is -2.50. The largest absolute Gasteiger partial charge is 0.508 e. The van der Waals surface area contributed by atoms with Crippen molar-refractivity contribution in [3.05, 3.63) is 39.7 Å². The standard InChI is InChI=1S/C30H38N4O7/c1-5-7-34-8-6-13-12-33(4)23-15-9-14-10-17-24(32(2)3)26(37)21(29(31)40)28(39)30(17,41)27(38)19(14)25(36)20(15)18(35)11-16(23)22(13)34/h11,13-14,17,22,24,35-36,39,41H,5-10,12H2,1-4H3,(H2,31,40)/t13?,14-,17-,22?,24+,30+/m1/s1. The fourth-order valence-electron chi connectivity index (χ4n) is 8.56. The molecule has 11 nitrogen and oxygen atoms in total. The smallest absolute Gasteiger partial charge is 0.255 e. The van der Waals surface area contributed by atoms with Crippen molar-refractivity contribution in [2.45, 2.75) is 50.3 Å². The van der Waals surface area contributed by atoms with E-state index >= 15 is 0 Å². The average molecular weight is 567 g/mol. The minimum Gasteiger partial charge on any atom is -0.508 e. The predicted octanol–water partition coefficient (Wildman–Crippen LogP) is 1.19. The molecule has 0 aromatic heterocycles. The van der Waals surface area contributed by atoms with Crippen molar-refractivity contribution in [3.8, 4) is 5.75 Å². The van der Waals surface area contributed by atoms with Crippen LogP contribution < -0.4 is 10.6 Å². The lowest BCUT2D eigenvalue weighted by molar-refractivity contribution is -0.153. The van der Waals surface area contributed by atoms with Gasteiger partial charge in [0.05, 0.1) is 11.6 Å². The van der Waals surface area contributed by atoms with Crippen LogP contribution in [0, 0.1) is 17.8 Å². The van der Waals surface area contributed by atoms with Gasteiger partial charge < -0.3 is 31.1 Å². The van der Waals surface area contributed by atoms with Gasteiger partial charge in [0, 0.05) is 36.8 Å². The summed E-state index contributed by atoms with van der Waals surface area (Å²) in [6.45, 7) is 4.89. The number of amides is 1. The first kappa shape index (κ1) is 27.7. The molecule has 6 N–H and O–H groups in total. The van der Waals surface area contributed by atoms with Crippen LogP contribution in [0.2, 0.25) is 0 Å². The lowest BCUT2D eigenvalue weighted by atomic mass is 9.57. The summed E-state index contributed by atoms with van der Waals surface area (Å²) in [5, 5.41) is 45.7. The highest BCUT2D eigenvalue weighted by atomic mass is 16.3. The highest BCUT2D eigenvalue weighted by Crippen LogP contribution is 2.56. The number of carbonyl (C=O) groups is 3. The monoisotopic (exact) mass is 566 g/mol. The second-order valence-electron chi connectivity index (χ2n) is 12.6. The average Bonchev–Trinajstić information content (AvgIpc) is 3.28. The van der Waals surface area contributed by atoms with Crippen LogP contribution >= 0.6 is 0 Å². The van der Waals surface area contributed by atoms with Gasteiger partial charge in [-0.3, -0.25) is 24.2 Å². The van der Waals surface area contributed by atoms with E-state index in [0.717, 1.165) is 49.3 Å². The van der Waals surface area contributed by atoms with Crippen LogP contribution in [0.15, 0.2) is 23.0 Å². The number of hydrogen-bond acceptors (Lipinski definition) is 10. The predicted molar refractivity (Wildman–Crippen MR) is 150 cm³/mol. The van der Waals surface area contributed by atoms with Gasteiger partial charge in [0.2, 0.25) is 5.78 Å². The van der Waals surface area contributed by atoms with Crippen LogP contribution in [0.25, 0.3) is 5.76 Å². The van der Waals surface area contributed by atoms with Gasteiger partial charge in [0.15, 0.2) is 11.4 Å².